The third-order valence-corrected chi connectivity index (χ3v) is 12.8. The van der Waals surface area contributed by atoms with Crippen LogP contribution in [0.5, 0.6) is 0 Å². The van der Waals surface area contributed by atoms with Crippen LogP contribution in [-0.4, -0.2) is 255 Å². The summed E-state index contributed by atoms with van der Waals surface area (Å²) in [5.74, 6) is 0. The molecule has 65 heavy (non-hydrogen) atoms. The minimum Gasteiger partial charge on any atom is -0.330 e. The van der Waals surface area contributed by atoms with E-state index in [1.165, 1.54) is 44.2 Å². The fourth-order valence-electron chi connectivity index (χ4n) is 9.24. The number of nitrogens with two attached hydrogens (primary N) is 2. The van der Waals surface area contributed by atoms with Gasteiger partial charge in [-0.1, -0.05) is 88.7 Å². The Morgan fingerprint density at radius 3 is 1.11 bits per heavy atom. The summed E-state index contributed by atoms with van der Waals surface area (Å²) in [5, 5.41) is 2.58. The van der Waals surface area contributed by atoms with Crippen molar-refractivity contribution in [1.82, 2.24) is 0 Å². The third-order valence-electron chi connectivity index (χ3n) is 12.1. The van der Waals surface area contributed by atoms with Gasteiger partial charge in [0.25, 0.3) is 0 Å². The van der Waals surface area contributed by atoms with Crippen molar-refractivity contribution in [2.45, 2.75) is 26.7 Å². The Kier molecular flexibility index (Phi) is 27.9. The highest BCUT2D eigenvalue weighted by atomic mass is 79.9. The molecule has 2 nitrogen and oxygen atoms in total. The van der Waals surface area contributed by atoms with Crippen molar-refractivity contribution in [1.29, 1.82) is 0 Å². The maximum atomic E-state index is 6.24. The summed E-state index contributed by atoms with van der Waals surface area (Å²) in [4.78, 5) is 0. The maximum Gasteiger partial charge on any atom is 0.0253 e. The van der Waals surface area contributed by atoms with Gasteiger partial charge in [0, 0.05) is 246 Å². The molecule has 262 valence electrons. The molecular formula is C28H31B34BrN2. The van der Waals surface area contributed by atoms with E-state index in [1.807, 2.05) is 0 Å². The number of unbranched alkanes of at least 4 members (excludes halogenated alkanes) is 1. The van der Waals surface area contributed by atoms with E-state index in [4.69, 9.17) is 151 Å². The van der Waals surface area contributed by atoms with Gasteiger partial charge in [-0.3, -0.25) is 0 Å². The van der Waals surface area contributed by atoms with E-state index in [2.05, 4.69) is 109 Å². The topological polar surface area (TPSA) is 52.0 Å². The number of rotatable bonds is 20. The molecule has 0 fully saturated rings. The van der Waals surface area contributed by atoms with Gasteiger partial charge in [0.15, 0.2) is 0 Å². The summed E-state index contributed by atoms with van der Waals surface area (Å²) in [6.07, 6.45) is -14.6. The van der Waals surface area contributed by atoms with Crippen molar-refractivity contribution in [2.75, 3.05) is 13.1 Å². The molecule has 4 aromatic carbocycles. The summed E-state index contributed by atoms with van der Waals surface area (Å²) in [6.45, 7) is 5.95. The van der Waals surface area contributed by atoms with Gasteiger partial charge < -0.3 is 11.5 Å². The van der Waals surface area contributed by atoms with E-state index in [9.17, 15) is 0 Å². The molecule has 4 rings (SSSR count). The zero-order valence-electron chi connectivity index (χ0n) is 38.0. The second-order valence-electron chi connectivity index (χ2n) is 17.0. The van der Waals surface area contributed by atoms with Crippen molar-refractivity contribution in [3.05, 3.63) is 94.5 Å². The zero-order valence-corrected chi connectivity index (χ0v) is 39.6. The first-order chi connectivity index (χ1) is 30.5. The van der Waals surface area contributed by atoms with Crippen LogP contribution in [0.3, 0.4) is 0 Å². The smallest absolute Gasteiger partial charge is 0.0253 e. The van der Waals surface area contributed by atoms with Gasteiger partial charge in [-0.2, -0.15) is 0 Å². The molecule has 0 aromatic heterocycles. The average Bonchev–Trinajstić information content (AvgIpc) is 3.21. The first-order valence-corrected chi connectivity index (χ1v) is 22.6. The van der Waals surface area contributed by atoms with E-state index in [0.717, 1.165) is 30.4 Å². The van der Waals surface area contributed by atoms with Crippen LogP contribution < -0.4 is 11.5 Å². The van der Waals surface area contributed by atoms with Gasteiger partial charge in [0.1, 0.15) is 0 Å². The third kappa shape index (κ3) is 17.2. The predicted octanol–water partition coefficient (Wildman–Crippen LogP) is -5.71. The molecular weight excluding hydrogens is 812 g/mol. The van der Waals surface area contributed by atoms with Gasteiger partial charge in [-0.25, -0.2) is 0 Å². The van der Waals surface area contributed by atoms with E-state index in [0.29, 0.717) is 0 Å². The van der Waals surface area contributed by atoms with Gasteiger partial charge in [-0.05, 0) is 90.0 Å². The molecule has 0 atom stereocenters. The zero-order chi connectivity index (χ0) is 49.5. The number of fused-ring (bicyclic) bond motifs is 1. The summed E-state index contributed by atoms with van der Waals surface area (Å²) < 4.78 is 1.13. The fourth-order valence-corrected chi connectivity index (χ4v) is 9.73. The number of aryl methyl sites for hydroxylation is 1. The normalized spacial score (nSPS) is 10.0. The van der Waals surface area contributed by atoms with Crippen LogP contribution in [0, 0.1) is 13.8 Å². The first kappa shape index (κ1) is 60.9. The van der Waals surface area contributed by atoms with Crippen molar-refractivity contribution in [3.63, 3.8) is 0 Å². The summed E-state index contributed by atoms with van der Waals surface area (Å²) in [7, 11) is 110. The summed E-state index contributed by atoms with van der Waals surface area (Å²) >= 11 is 3.71. The van der Waals surface area contributed by atoms with E-state index < -0.39 is 102 Å². The Labute approximate surface area is 432 Å². The van der Waals surface area contributed by atoms with Crippen LogP contribution >= 0.6 is 15.9 Å². The molecule has 0 aliphatic rings. The Morgan fingerprint density at radius 2 is 0.708 bits per heavy atom. The molecule has 0 heterocycles. The van der Waals surface area contributed by atoms with E-state index in [-0.39, 0.29) is 0 Å². The molecule has 37 heteroatoms. The molecule has 0 saturated heterocycles. The number of halogens is 1. The molecule has 0 saturated carbocycles. The van der Waals surface area contributed by atoms with Crippen LogP contribution in [0.25, 0.3) is 33.0 Å². The molecule has 36 radical (unpaired) electrons. The van der Waals surface area contributed by atoms with Crippen LogP contribution in [0.4, 0.5) is 0 Å². The Bertz CT molecular complexity index is 1930. The summed E-state index contributed by atoms with van der Waals surface area (Å²) in [5.41, 5.74) is 18.0. The highest BCUT2D eigenvalue weighted by Crippen LogP contribution is 2.38. The molecule has 0 unspecified atom stereocenters. The molecule has 0 bridgehead atoms. The molecule has 0 aliphatic carbocycles. The highest BCUT2D eigenvalue weighted by molar-refractivity contribution is 9.10. The lowest BCUT2D eigenvalue weighted by molar-refractivity contribution is 0.755. The number of benzene rings is 4. The maximum absolute atomic E-state index is 6.24. The van der Waals surface area contributed by atoms with E-state index in [1.54, 1.807) is 0 Å². The van der Waals surface area contributed by atoms with Crippen LogP contribution in [0.2, 0.25) is 0 Å². The number of hydrogen-bond donors (Lipinski definition) is 2. The molecule has 0 amide bonds. The van der Waals surface area contributed by atoms with Gasteiger partial charge in [0.2, 0.25) is 0 Å². The van der Waals surface area contributed by atoms with Crippen LogP contribution in [0.15, 0.2) is 83.3 Å². The van der Waals surface area contributed by atoms with Gasteiger partial charge in [-0.15, -0.1) is 0 Å². The average molecular weight is 843 g/mol. The van der Waals surface area contributed by atoms with Crippen molar-refractivity contribution < 1.29 is 0 Å². The molecule has 0 spiro atoms. The lowest BCUT2D eigenvalue weighted by Gasteiger charge is -2.52. The Hall–Kier alpha value is -0.252. The lowest BCUT2D eigenvalue weighted by Crippen LogP contribution is -2.90. The monoisotopic (exact) mass is 848 g/mol. The van der Waals surface area contributed by atoms with E-state index >= 15 is 0 Å². The minimum atomic E-state index is -1.16. The Balaban J connectivity index is 0.000000407. The van der Waals surface area contributed by atoms with Crippen molar-refractivity contribution in [3.8, 4) is 22.3 Å². The standard InChI is InChI=1S/C24H19Br.C4H12N2.B34/c1-16-14-22(20-12-7-9-18-8-3-4-10-19(18)20)17(2)23(15-16)21-11-5-6-13-24(21)25;5-3-1-2-4-6;1-19(2)28(20(3)4)32(27(17)18)34(31(25(13)14)26(15)16)33(29(21(5)6)22(7)8)30(23(9)10)24(11)12/h3-15H,1-2H3;1-6H2;. The Morgan fingerprint density at radius 1 is 0.385 bits per heavy atom. The van der Waals surface area contributed by atoms with Crippen LogP contribution in [-0.2, 0) is 0 Å². The quantitative estimate of drug-likeness (QED) is 0.0690. The van der Waals surface area contributed by atoms with Crippen molar-refractivity contribution >= 4 is 268 Å². The van der Waals surface area contributed by atoms with Crippen LogP contribution in [0.1, 0.15) is 24.0 Å². The fraction of sp³-hybridized carbons (Fsp3) is 0.214. The molecule has 0 aliphatic heterocycles. The molecule has 4 aromatic rings. The second-order valence-corrected chi connectivity index (χ2v) is 17.9. The predicted molar refractivity (Wildman–Crippen MR) is 335 cm³/mol. The number of hydrogen-bond acceptors (Lipinski definition) is 2. The first-order valence-electron chi connectivity index (χ1n) is 21.8. The molecule has 4 N–H and O–H groups in total. The highest BCUT2D eigenvalue weighted by Gasteiger charge is 2.54. The van der Waals surface area contributed by atoms with Crippen molar-refractivity contribution in [2.24, 2.45) is 11.5 Å². The van der Waals surface area contributed by atoms with Gasteiger partial charge >= 0.3 is 0 Å². The lowest BCUT2D eigenvalue weighted by atomic mass is 8.29. The summed E-state index contributed by atoms with van der Waals surface area (Å²) in [6, 6.07) is 28.2. The second kappa shape index (κ2) is 29.8. The van der Waals surface area contributed by atoms with Gasteiger partial charge in [0.05, 0.1) is 0 Å². The SMILES string of the molecule is Cc1cc(-c2ccccc2Br)c(C)c(-c2cccc3ccccc23)c1.NCCCCN.[B]B([B])B(B([B])[B])B(B([B])[B])B(B(B([B])[B])B([B])[B])B(B(B([B])[B])B([B])[B])B(B([B])[B])B([B])[B]. The minimum absolute atomic E-state index is 0.775. The largest absolute Gasteiger partial charge is 0.330 e.